The van der Waals surface area contributed by atoms with E-state index in [1.165, 1.54) is 4.88 Å². The van der Waals surface area contributed by atoms with Crippen molar-refractivity contribution in [3.05, 3.63) is 21.3 Å². The van der Waals surface area contributed by atoms with Crippen molar-refractivity contribution >= 4 is 28.9 Å². The second-order valence-electron chi connectivity index (χ2n) is 3.91. The lowest BCUT2D eigenvalue weighted by molar-refractivity contribution is 0.624. The third kappa shape index (κ3) is 5.41. The van der Waals surface area contributed by atoms with Crippen LogP contribution >= 0.6 is 22.9 Å². The Hall–Kier alpha value is -0.740. The summed E-state index contributed by atoms with van der Waals surface area (Å²) in [6.45, 7) is 5.16. The number of nitrogens with zero attached hydrogens (tertiary/aromatic N) is 1. The first-order valence-corrected chi connectivity index (χ1v) is 7.06. The van der Waals surface area contributed by atoms with E-state index in [4.69, 9.17) is 11.6 Å². The van der Waals surface area contributed by atoms with Gasteiger partial charge in [0, 0.05) is 24.5 Å². The van der Waals surface area contributed by atoms with Gasteiger partial charge in [-0.15, -0.1) is 11.3 Å². The summed E-state index contributed by atoms with van der Waals surface area (Å²) in [5, 5.41) is 6.62. The van der Waals surface area contributed by atoms with Crippen LogP contribution < -0.4 is 10.6 Å². The Bertz CT molecular complexity index is 362. The van der Waals surface area contributed by atoms with Gasteiger partial charge in [0.05, 0.1) is 4.34 Å². The van der Waals surface area contributed by atoms with E-state index >= 15 is 0 Å². The molecule has 0 aromatic carbocycles. The third-order valence-corrected chi connectivity index (χ3v) is 3.80. The molecule has 0 saturated carbocycles. The number of hydrogen-bond donors (Lipinski definition) is 2. The summed E-state index contributed by atoms with van der Waals surface area (Å²) in [4.78, 5) is 5.48. The van der Waals surface area contributed by atoms with Gasteiger partial charge in [-0.1, -0.05) is 18.5 Å². The highest BCUT2D eigenvalue weighted by Gasteiger charge is 2.03. The molecule has 1 atom stereocenters. The number of rotatable bonds is 5. The summed E-state index contributed by atoms with van der Waals surface area (Å²) < 4.78 is 0.849. The first-order valence-electron chi connectivity index (χ1n) is 5.87. The fraction of sp³-hybridized carbons (Fsp3) is 0.583. The smallest absolute Gasteiger partial charge is 0.191 e. The molecule has 1 rings (SSSR count). The van der Waals surface area contributed by atoms with Gasteiger partial charge in [0.1, 0.15) is 0 Å². The fourth-order valence-corrected chi connectivity index (χ4v) is 2.41. The molecule has 0 bridgehead atoms. The maximum absolute atomic E-state index is 5.88. The number of hydrogen-bond acceptors (Lipinski definition) is 2. The third-order valence-electron chi connectivity index (χ3n) is 2.51. The van der Waals surface area contributed by atoms with Crippen molar-refractivity contribution < 1.29 is 0 Å². The predicted octanol–water partition coefficient (Wildman–Crippen LogP) is 2.91. The van der Waals surface area contributed by atoms with E-state index < -0.39 is 0 Å². The minimum atomic E-state index is 0.442. The van der Waals surface area contributed by atoms with Gasteiger partial charge in [0.15, 0.2) is 5.96 Å². The van der Waals surface area contributed by atoms with Crippen LogP contribution in [0, 0.1) is 0 Å². The molecular weight excluding hydrogens is 254 g/mol. The van der Waals surface area contributed by atoms with Gasteiger partial charge in [-0.3, -0.25) is 4.99 Å². The van der Waals surface area contributed by atoms with Crippen LogP contribution in [0.1, 0.15) is 25.1 Å². The molecule has 2 N–H and O–H groups in total. The number of nitrogens with one attached hydrogen (secondary N) is 2. The molecule has 17 heavy (non-hydrogen) atoms. The van der Waals surface area contributed by atoms with Crippen LogP contribution in [0.4, 0.5) is 0 Å². The molecule has 0 aliphatic rings. The summed E-state index contributed by atoms with van der Waals surface area (Å²) in [5.41, 5.74) is 0. The number of guanidine groups is 1. The van der Waals surface area contributed by atoms with Gasteiger partial charge in [0.2, 0.25) is 0 Å². The van der Waals surface area contributed by atoms with Gasteiger partial charge >= 0.3 is 0 Å². The maximum Gasteiger partial charge on any atom is 0.191 e. The molecule has 3 nitrogen and oxygen atoms in total. The van der Waals surface area contributed by atoms with Crippen molar-refractivity contribution in [2.45, 2.75) is 32.7 Å². The Labute approximate surface area is 112 Å². The van der Waals surface area contributed by atoms with Gasteiger partial charge < -0.3 is 10.6 Å². The normalized spacial score (nSPS) is 13.5. The second-order valence-corrected chi connectivity index (χ2v) is 5.71. The van der Waals surface area contributed by atoms with Crippen molar-refractivity contribution in [1.82, 2.24) is 10.6 Å². The molecule has 0 aliphatic heterocycles. The quantitative estimate of drug-likeness (QED) is 0.639. The minimum Gasteiger partial charge on any atom is -0.356 e. The molecule has 1 aromatic heterocycles. The number of thiophene rings is 1. The Morgan fingerprint density at radius 3 is 2.82 bits per heavy atom. The summed E-state index contributed by atoms with van der Waals surface area (Å²) in [5.74, 6) is 0.863. The van der Waals surface area contributed by atoms with E-state index in [0.717, 1.165) is 29.7 Å². The van der Waals surface area contributed by atoms with Crippen LogP contribution in [-0.2, 0) is 6.42 Å². The topological polar surface area (TPSA) is 36.4 Å². The Balaban J connectivity index is 2.29. The van der Waals surface area contributed by atoms with E-state index in [0.29, 0.717) is 6.04 Å². The van der Waals surface area contributed by atoms with Gasteiger partial charge in [0.25, 0.3) is 0 Å². The second kappa shape index (κ2) is 7.56. The Morgan fingerprint density at radius 1 is 1.53 bits per heavy atom. The highest BCUT2D eigenvalue weighted by molar-refractivity contribution is 7.16. The van der Waals surface area contributed by atoms with Crippen LogP contribution in [-0.4, -0.2) is 25.6 Å². The lowest BCUT2D eigenvalue weighted by atomic mass is 10.3. The molecule has 96 valence electrons. The zero-order valence-corrected chi connectivity index (χ0v) is 12.2. The van der Waals surface area contributed by atoms with Gasteiger partial charge in [-0.25, -0.2) is 0 Å². The van der Waals surface area contributed by atoms with Crippen LogP contribution in [0.5, 0.6) is 0 Å². The van der Waals surface area contributed by atoms with Crippen LogP contribution in [0.3, 0.4) is 0 Å². The average Bonchev–Trinajstić information content (AvgIpc) is 2.73. The number of halogens is 1. The largest absolute Gasteiger partial charge is 0.356 e. The van der Waals surface area contributed by atoms with E-state index in [-0.39, 0.29) is 0 Å². The maximum atomic E-state index is 5.88. The van der Waals surface area contributed by atoms with E-state index in [1.54, 1.807) is 18.4 Å². The standard InChI is InChI=1S/C12H20ClN3S/c1-4-9(2)16-12(14-3)15-8-7-10-5-6-11(13)17-10/h5-6,9H,4,7-8H2,1-3H3,(H2,14,15,16). The van der Waals surface area contributed by atoms with Crippen molar-refractivity contribution in [3.8, 4) is 0 Å². The van der Waals surface area contributed by atoms with E-state index in [2.05, 4.69) is 35.5 Å². The molecule has 1 aromatic rings. The lowest BCUT2D eigenvalue weighted by Crippen LogP contribution is -2.42. The van der Waals surface area contributed by atoms with Crippen LogP contribution in [0.25, 0.3) is 0 Å². The highest BCUT2D eigenvalue weighted by atomic mass is 35.5. The fourth-order valence-electron chi connectivity index (χ4n) is 1.32. The zero-order chi connectivity index (χ0) is 12.7. The summed E-state index contributed by atoms with van der Waals surface area (Å²) in [7, 11) is 1.79. The molecule has 1 heterocycles. The van der Waals surface area contributed by atoms with Crippen molar-refractivity contribution in [2.24, 2.45) is 4.99 Å². The van der Waals surface area contributed by atoms with Gasteiger partial charge in [-0.2, -0.15) is 0 Å². The van der Waals surface area contributed by atoms with Crippen molar-refractivity contribution in [2.75, 3.05) is 13.6 Å². The molecule has 5 heteroatoms. The molecule has 0 spiro atoms. The Kier molecular flexibility index (Phi) is 6.37. The zero-order valence-electron chi connectivity index (χ0n) is 10.6. The molecule has 0 radical (unpaired) electrons. The molecule has 0 amide bonds. The van der Waals surface area contributed by atoms with Crippen molar-refractivity contribution in [1.29, 1.82) is 0 Å². The monoisotopic (exact) mass is 273 g/mol. The highest BCUT2D eigenvalue weighted by Crippen LogP contribution is 2.21. The summed E-state index contributed by atoms with van der Waals surface area (Å²) in [6, 6.07) is 4.45. The average molecular weight is 274 g/mol. The van der Waals surface area contributed by atoms with Crippen LogP contribution in [0.2, 0.25) is 4.34 Å². The molecule has 0 aliphatic carbocycles. The SMILES string of the molecule is CCC(C)NC(=NC)NCCc1ccc(Cl)s1. The summed E-state index contributed by atoms with van der Waals surface area (Å²) in [6.07, 6.45) is 2.06. The summed E-state index contributed by atoms with van der Waals surface area (Å²) >= 11 is 7.51. The first-order chi connectivity index (χ1) is 8.15. The molecule has 0 saturated heterocycles. The predicted molar refractivity (Wildman–Crippen MR) is 77.3 cm³/mol. The van der Waals surface area contributed by atoms with E-state index in [1.807, 2.05) is 6.07 Å². The Morgan fingerprint density at radius 2 is 2.29 bits per heavy atom. The molecular formula is C12H20ClN3S. The molecule has 0 fully saturated rings. The minimum absolute atomic E-state index is 0.442. The lowest BCUT2D eigenvalue weighted by Gasteiger charge is -2.16. The van der Waals surface area contributed by atoms with Crippen molar-refractivity contribution in [3.63, 3.8) is 0 Å². The first kappa shape index (κ1) is 14.3. The number of aliphatic imine (C=N–C) groups is 1. The van der Waals surface area contributed by atoms with Gasteiger partial charge in [-0.05, 0) is 31.9 Å². The van der Waals surface area contributed by atoms with E-state index in [9.17, 15) is 0 Å². The molecule has 1 unspecified atom stereocenters. The van der Waals surface area contributed by atoms with Crippen LogP contribution in [0.15, 0.2) is 17.1 Å².